The Morgan fingerprint density at radius 1 is 1.31 bits per heavy atom. The second-order valence-corrected chi connectivity index (χ2v) is 8.50. The van der Waals surface area contributed by atoms with E-state index in [9.17, 15) is 4.79 Å². The molecule has 2 saturated heterocycles. The smallest absolute Gasteiger partial charge is 0.249 e. The maximum atomic E-state index is 14.0. The van der Waals surface area contributed by atoms with E-state index in [0.717, 1.165) is 55.8 Å². The minimum absolute atomic E-state index is 0. The monoisotopic (exact) mass is 482 g/mol. The molecule has 1 amide bonds. The van der Waals surface area contributed by atoms with Gasteiger partial charge in [-0.3, -0.25) is 4.79 Å². The van der Waals surface area contributed by atoms with Crippen LogP contribution in [0.2, 0.25) is 0 Å². The molecule has 10 heteroatoms. The Morgan fingerprint density at radius 2 is 2.16 bits per heavy atom. The van der Waals surface area contributed by atoms with Gasteiger partial charge in [-0.2, -0.15) is 4.98 Å². The number of aromatic nitrogens is 2. The van der Waals surface area contributed by atoms with Gasteiger partial charge in [0.15, 0.2) is 17.3 Å². The van der Waals surface area contributed by atoms with Gasteiger partial charge in [-0.1, -0.05) is 17.3 Å². The van der Waals surface area contributed by atoms with Crippen molar-refractivity contribution < 1.29 is 43.6 Å². The van der Waals surface area contributed by atoms with Crippen LogP contribution in [0.5, 0.6) is 11.5 Å². The van der Waals surface area contributed by atoms with Crippen LogP contribution in [0, 0.1) is 12.8 Å². The minimum atomic E-state index is -0.300. The molecule has 0 bridgehead atoms. The molecule has 0 radical (unpaired) electrons. The quantitative estimate of drug-likeness (QED) is 0.483. The topological polar surface area (TPSA) is 89.7 Å². The fourth-order valence-electron chi connectivity index (χ4n) is 5.42. The molecule has 1 spiro atoms. The van der Waals surface area contributed by atoms with E-state index in [0.29, 0.717) is 24.9 Å². The molecule has 3 aliphatic rings. The number of benzene rings is 1. The minimum Gasteiger partial charge on any atom is -1.00 e. The van der Waals surface area contributed by atoms with Gasteiger partial charge in [0.1, 0.15) is 6.04 Å². The summed E-state index contributed by atoms with van der Waals surface area (Å²) in [6.45, 7) is 4.51. The first-order chi connectivity index (χ1) is 14.6. The summed E-state index contributed by atoms with van der Waals surface area (Å²) >= 11 is 0. The van der Waals surface area contributed by atoms with E-state index in [2.05, 4.69) is 21.5 Å². The molecule has 3 aliphatic heterocycles. The highest BCUT2D eigenvalue weighted by atomic mass is 35.5. The van der Waals surface area contributed by atoms with Gasteiger partial charge in [-0.15, -0.1) is 0 Å². The molecule has 0 saturated carbocycles. The summed E-state index contributed by atoms with van der Waals surface area (Å²) in [5.74, 6) is 2.65. The molecule has 2 fully saturated rings. The van der Waals surface area contributed by atoms with Gasteiger partial charge in [-0.05, 0) is 38.7 Å². The highest BCUT2D eigenvalue weighted by Crippen LogP contribution is 2.50. The molecular weight excluding hydrogens is 455 g/mol. The zero-order chi connectivity index (χ0) is 20.7. The molecule has 1 aromatic carbocycles. The van der Waals surface area contributed by atoms with Gasteiger partial charge in [0.2, 0.25) is 11.8 Å². The molecule has 8 nitrogen and oxygen atoms in total. The Kier molecular flexibility index (Phi) is 7.57. The van der Waals surface area contributed by atoms with Crippen LogP contribution in [-0.2, 0) is 10.2 Å². The van der Waals surface area contributed by atoms with Gasteiger partial charge >= 0.3 is 0 Å². The summed E-state index contributed by atoms with van der Waals surface area (Å²) in [4.78, 5) is 20.4. The van der Waals surface area contributed by atoms with Crippen LogP contribution in [0.25, 0.3) is 0 Å². The third-order valence-corrected chi connectivity index (χ3v) is 6.90. The van der Waals surface area contributed by atoms with Crippen molar-refractivity contribution in [3.63, 3.8) is 0 Å². The summed E-state index contributed by atoms with van der Waals surface area (Å²) in [5.41, 5.74) is 0.769. The van der Waals surface area contributed by atoms with Gasteiger partial charge in [-0.25, -0.2) is 0 Å². The van der Waals surface area contributed by atoms with Gasteiger partial charge < -0.3 is 49.0 Å². The number of piperidine rings is 1. The lowest BCUT2D eigenvalue weighted by Gasteiger charge is -2.43. The van der Waals surface area contributed by atoms with E-state index in [4.69, 9.17) is 14.0 Å². The molecular formula is C22H28Cl2N4O4-2. The van der Waals surface area contributed by atoms with Crippen molar-refractivity contribution >= 4 is 5.91 Å². The van der Waals surface area contributed by atoms with Crippen molar-refractivity contribution in [3.05, 3.63) is 35.5 Å². The molecule has 32 heavy (non-hydrogen) atoms. The number of methoxy groups -OCH3 is 1. The number of halogens is 2. The predicted octanol–water partition coefficient (Wildman–Crippen LogP) is -3.61. The Morgan fingerprint density at radius 3 is 2.91 bits per heavy atom. The van der Waals surface area contributed by atoms with Crippen LogP contribution in [0.15, 0.2) is 22.7 Å². The number of hydrogen-bond donors (Lipinski definition) is 1. The number of para-hydroxylation sites is 1. The number of aryl methyl sites for hydroxylation is 1. The van der Waals surface area contributed by atoms with E-state index >= 15 is 0 Å². The highest BCUT2D eigenvalue weighted by molar-refractivity contribution is 5.82. The molecule has 5 rings (SSSR count). The largest absolute Gasteiger partial charge is 1.00 e. The van der Waals surface area contributed by atoms with Crippen molar-refractivity contribution in [2.24, 2.45) is 5.92 Å². The first-order valence-electron chi connectivity index (χ1n) is 10.8. The second-order valence-electron chi connectivity index (χ2n) is 8.50. The van der Waals surface area contributed by atoms with E-state index in [1.807, 2.05) is 24.0 Å². The average Bonchev–Trinajstić information content (AvgIpc) is 3.40. The summed E-state index contributed by atoms with van der Waals surface area (Å²) in [6, 6.07) is 5.84. The van der Waals surface area contributed by atoms with Crippen molar-refractivity contribution in [2.75, 3.05) is 33.4 Å². The third kappa shape index (κ3) is 3.93. The number of nitrogens with one attached hydrogen (secondary N) is 1. The zero-order valence-corrected chi connectivity index (χ0v) is 19.8. The Bertz CT molecular complexity index is 956. The number of amides is 1. The van der Waals surface area contributed by atoms with Crippen LogP contribution in [-0.4, -0.2) is 54.3 Å². The van der Waals surface area contributed by atoms with E-state index in [-0.39, 0.29) is 48.1 Å². The number of carbonyl (C=O) groups is 1. The lowest BCUT2D eigenvalue weighted by molar-refractivity contribution is -0.141. The van der Waals surface area contributed by atoms with Crippen molar-refractivity contribution in [2.45, 2.75) is 44.1 Å². The molecule has 4 heterocycles. The van der Waals surface area contributed by atoms with E-state index in [1.54, 1.807) is 7.11 Å². The lowest BCUT2D eigenvalue weighted by Crippen LogP contribution is -3.00. The summed E-state index contributed by atoms with van der Waals surface area (Å²) in [7, 11) is 1.65. The highest BCUT2D eigenvalue weighted by Gasteiger charge is 2.53. The van der Waals surface area contributed by atoms with Crippen molar-refractivity contribution in [1.82, 2.24) is 20.4 Å². The van der Waals surface area contributed by atoms with Gasteiger partial charge in [0, 0.05) is 30.6 Å². The van der Waals surface area contributed by atoms with E-state index < -0.39 is 0 Å². The molecule has 176 valence electrons. The predicted molar refractivity (Wildman–Crippen MR) is 108 cm³/mol. The van der Waals surface area contributed by atoms with E-state index in [1.165, 1.54) is 0 Å². The third-order valence-electron chi connectivity index (χ3n) is 6.90. The van der Waals surface area contributed by atoms with Crippen LogP contribution in [0.1, 0.15) is 49.0 Å². The molecule has 1 unspecified atom stereocenters. The second kappa shape index (κ2) is 9.85. The van der Waals surface area contributed by atoms with Crippen LogP contribution < -0.4 is 39.6 Å². The maximum absolute atomic E-state index is 14.0. The van der Waals surface area contributed by atoms with Crippen LogP contribution >= 0.6 is 0 Å². The SMILES string of the molecule is COc1cccc2c1OCC[C@]21CNC[C@H]1C(=O)N1CCCCC1c1nc(C)no1.[Cl-].[Cl-]. The Labute approximate surface area is 200 Å². The lowest BCUT2D eigenvalue weighted by atomic mass is 9.68. The first-order valence-corrected chi connectivity index (χ1v) is 10.8. The summed E-state index contributed by atoms with van der Waals surface area (Å²) in [5, 5.41) is 7.44. The standard InChI is InChI=1S/C22H28N4O4.2ClH/c1-14-24-20(30-25-14)17-7-3-4-10-26(17)21(27)16-12-23-13-22(16)9-11-29-19-15(22)6-5-8-18(19)28-2;;/h5-6,8,16-17,23H,3-4,7,9-13H2,1-2H3;2*1H/p-2/t16-,17?,22-;;/m0../s1. The van der Waals surface area contributed by atoms with Crippen molar-refractivity contribution in [1.29, 1.82) is 0 Å². The van der Waals surface area contributed by atoms with Crippen LogP contribution in [0.4, 0.5) is 0 Å². The number of carbonyl (C=O) groups excluding carboxylic acids is 1. The number of rotatable bonds is 3. The Balaban J connectivity index is 0.00000144. The number of fused-ring (bicyclic) bond motifs is 2. The fourth-order valence-corrected chi connectivity index (χ4v) is 5.42. The van der Waals surface area contributed by atoms with Gasteiger partial charge in [0.05, 0.1) is 19.6 Å². The first kappa shape index (κ1) is 24.6. The molecule has 3 atom stereocenters. The normalized spacial score (nSPS) is 26.5. The number of likely N-dealkylation sites (tertiary alicyclic amines) is 1. The molecule has 1 N–H and O–H groups in total. The number of nitrogens with zero attached hydrogens (tertiary/aromatic N) is 3. The molecule has 1 aromatic heterocycles. The molecule has 2 aromatic rings. The zero-order valence-electron chi connectivity index (χ0n) is 18.3. The van der Waals surface area contributed by atoms with Gasteiger partial charge in [0.25, 0.3) is 0 Å². The summed E-state index contributed by atoms with van der Waals surface area (Å²) in [6.07, 6.45) is 3.70. The fraction of sp³-hybridized carbons (Fsp3) is 0.591. The summed E-state index contributed by atoms with van der Waals surface area (Å²) < 4.78 is 17.0. The maximum Gasteiger partial charge on any atom is 0.249 e. The van der Waals surface area contributed by atoms with Crippen molar-refractivity contribution in [3.8, 4) is 11.5 Å². The molecule has 0 aliphatic carbocycles. The number of ether oxygens (including phenoxy) is 2. The van der Waals surface area contributed by atoms with Crippen LogP contribution in [0.3, 0.4) is 0 Å². The number of hydrogen-bond acceptors (Lipinski definition) is 7. The Hall–Kier alpha value is -2.03. The average molecular weight is 483 g/mol.